The predicted octanol–water partition coefficient (Wildman–Crippen LogP) is 2.57. The van der Waals surface area contributed by atoms with Crippen LogP contribution in [0.2, 0.25) is 0 Å². The lowest BCUT2D eigenvalue weighted by Gasteiger charge is -2.12. The number of aliphatic hydroxyl groups excluding tert-OH is 1. The molecule has 0 saturated carbocycles. The van der Waals surface area contributed by atoms with Crippen molar-refractivity contribution >= 4 is 12.4 Å². The molecule has 0 bridgehead atoms. The number of aryl methyl sites for hydroxylation is 1. The summed E-state index contributed by atoms with van der Waals surface area (Å²) in [6.45, 7) is 6.84. The fourth-order valence-corrected chi connectivity index (χ4v) is 1.47. The Hall–Kier alpha value is -0.840. The number of nitrogens with zero attached hydrogens (tertiary/aromatic N) is 1. The maximum absolute atomic E-state index is 9.86. The van der Waals surface area contributed by atoms with Gasteiger partial charge in [-0.05, 0) is 19.3 Å². The quantitative estimate of drug-likeness (QED) is 0.784. The van der Waals surface area contributed by atoms with Crippen molar-refractivity contribution in [3.63, 3.8) is 0 Å². The highest BCUT2D eigenvalue weighted by Crippen LogP contribution is 2.24. The summed E-state index contributed by atoms with van der Waals surface area (Å²) in [6.07, 6.45) is 2.56. The molecule has 0 amide bonds. The number of hydrogen-bond donors (Lipinski definition) is 2. The van der Waals surface area contributed by atoms with Crippen LogP contribution in [-0.2, 0) is 18.0 Å². The molecule has 0 fully saturated rings. The molecule has 0 radical (unpaired) electrons. The van der Waals surface area contributed by atoms with Gasteiger partial charge in [0, 0.05) is 23.9 Å². The highest BCUT2D eigenvalue weighted by molar-refractivity contribution is 5.85. The van der Waals surface area contributed by atoms with Crippen LogP contribution >= 0.6 is 12.4 Å². The first-order valence-electron chi connectivity index (χ1n) is 5.91. The van der Waals surface area contributed by atoms with Gasteiger partial charge in [-0.1, -0.05) is 13.8 Å². The lowest BCUT2D eigenvalue weighted by molar-refractivity contribution is 0.107. The van der Waals surface area contributed by atoms with Crippen molar-refractivity contribution < 1.29 is 14.9 Å². The summed E-state index contributed by atoms with van der Waals surface area (Å²) in [6, 6.07) is 0. The van der Waals surface area contributed by atoms with Crippen molar-refractivity contribution in [3.05, 3.63) is 23.0 Å². The van der Waals surface area contributed by atoms with E-state index in [0.29, 0.717) is 36.0 Å². The van der Waals surface area contributed by atoms with Gasteiger partial charge in [0.25, 0.3) is 0 Å². The number of ether oxygens (including phenoxy) is 1. The van der Waals surface area contributed by atoms with Crippen LogP contribution in [-0.4, -0.2) is 21.8 Å². The van der Waals surface area contributed by atoms with Crippen LogP contribution in [0.1, 0.15) is 37.1 Å². The van der Waals surface area contributed by atoms with Crippen molar-refractivity contribution in [2.75, 3.05) is 6.61 Å². The minimum atomic E-state index is -0.135. The fourth-order valence-electron chi connectivity index (χ4n) is 1.47. The van der Waals surface area contributed by atoms with Crippen LogP contribution in [0.3, 0.4) is 0 Å². The van der Waals surface area contributed by atoms with Crippen molar-refractivity contribution in [2.45, 2.75) is 40.4 Å². The Labute approximate surface area is 114 Å². The number of halogens is 1. The van der Waals surface area contributed by atoms with E-state index in [0.717, 1.165) is 6.42 Å². The van der Waals surface area contributed by atoms with Crippen molar-refractivity contribution in [1.29, 1.82) is 0 Å². The maximum atomic E-state index is 9.86. The standard InChI is InChI=1S/C13H21NO3.ClH/c1-9(2)4-5-17-8-12-11(7-15)6-14-10(3)13(12)16;/h6,9,15-16H,4-5,7-8H2,1-3H3;1H. The zero-order valence-electron chi connectivity index (χ0n) is 11.1. The smallest absolute Gasteiger partial charge is 0.142 e. The van der Waals surface area contributed by atoms with Crippen LogP contribution < -0.4 is 0 Å². The number of rotatable bonds is 6. The van der Waals surface area contributed by atoms with Gasteiger partial charge in [0.2, 0.25) is 0 Å². The number of hydrogen-bond acceptors (Lipinski definition) is 4. The third kappa shape index (κ3) is 4.80. The van der Waals surface area contributed by atoms with E-state index in [-0.39, 0.29) is 24.8 Å². The van der Waals surface area contributed by atoms with Gasteiger partial charge >= 0.3 is 0 Å². The third-order valence-corrected chi connectivity index (χ3v) is 2.69. The average molecular weight is 276 g/mol. The maximum Gasteiger partial charge on any atom is 0.142 e. The van der Waals surface area contributed by atoms with E-state index in [1.165, 1.54) is 0 Å². The minimum absolute atomic E-state index is 0. The van der Waals surface area contributed by atoms with Crippen LogP contribution in [0.25, 0.3) is 0 Å². The molecule has 0 saturated heterocycles. The topological polar surface area (TPSA) is 62.6 Å². The molecule has 4 nitrogen and oxygen atoms in total. The second kappa shape index (κ2) is 8.29. The van der Waals surface area contributed by atoms with Gasteiger partial charge in [-0.3, -0.25) is 4.98 Å². The summed E-state index contributed by atoms with van der Waals surface area (Å²) in [4.78, 5) is 4.00. The van der Waals surface area contributed by atoms with Crippen LogP contribution in [0, 0.1) is 12.8 Å². The van der Waals surface area contributed by atoms with Gasteiger partial charge < -0.3 is 14.9 Å². The zero-order valence-corrected chi connectivity index (χ0v) is 12.0. The van der Waals surface area contributed by atoms with Crippen molar-refractivity contribution in [2.24, 2.45) is 5.92 Å². The molecule has 0 aromatic carbocycles. The number of aliphatic hydroxyl groups is 1. The molecular formula is C13H22ClNO3. The van der Waals surface area contributed by atoms with Gasteiger partial charge in [-0.2, -0.15) is 0 Å². The Kier molecular flexibility index (Phi) is 7.91. The highest BCUT2D eigenvalue weighted by Gasteiger charge is 2.11. The van der Waals surface area contributed by atoms with Gasteiger partial charge in [-0.15, -0.1) is 12.4 Å². The average Bonchev–Trinajstić information content (AvgIpc) is 2.29. The van der Waals surface area contributed by atoms with E-state index in [1.807, 2.05) is 0 Å². The molecule has 0 atom stereocenters. The van der Waals surface area contributed by atoms with Crippen molar-refractivity contribution in [3.8, 4) is 5.75 Å². The lowest BCUT2D eigenvalue weighted by atomic mass is 10.1. The molecular weight excluding hydrogens is 254 g/mol. The molecule has 18 heavy (non-hydrogen) atoms. The second-order valence-electron chi connectivity index (χ2n) is 4.59. The Morgan fingerprint density at radius 3 is 2.61 bits per heavy atom. The molecule has 0 aliphatic carbocycles. The highest BCUT2D eigenvalue weighted by atomic mass is 35.5. The SMILES string of the molecule is Cc1ncc(CO)c(COCCC(C)C)c1O.Cl. The van der Waals surface area contributed by atoms with Crippen molar-refractivity contribution in [1.82, 2.24) is 4.98 Å². The van der Waals surface area contributed by atoms with E-state index in [1.54, 1.807) is 13.1 Å². The number of aromatic hydroxyl groups is 1. The van der Waals surface area contributed by atoms with Gasteiger partial charge in [0.15, 0.2) is 0 Å². The van der Waals surface area contributed by atoms with E-state index in [2.05, 4.69) is 18.8 Å². The normalized spacial score (nSPS) is 10.5. The van der Waals surface area contributed by atoms with Gasteiger partial charge in [-0.25, -0.2) is 0 Å². The van der Waals surface area contributed by atoms with Gasteiger partial charge in [0.05, 0.1) is 18.9 Å². The van der Waals surface area contributed by atoms with E-state index in [9.17, 15) is 10.2 Å². The van der Waals surface area contributed by atoms with Gasteiger partial charge in [0.1, 0.15) is 5.75 Å². The molecule has 0 aliphatic heterocycles. The molecule has 104 valence electrons. The first-order chi connectivity index (χ1) is 8.06. The summed E-state index contributed by atoms with van der Waals surface area (Å²) in [5, 5.41) is 19.0. The van der Waals surface area contributed by atoms with E-state index in [4.69, 9.17) is 4.74 Å². The lowest BCUT2D eigenvalue weighted by Crippen LogP contribution is -2.04. The number of aromatic nitrogens is 1. The summed E-state index contributed by atoms with van der Waals surface area (Å²) in [7, 11) is 0. The van der Waals surface area contributed by atoms with Crippen LogP contribution in [0.5, 0.6) is 5.75 Å². The van der Waals surface area contributed by atoms with E-state index < -0.39 is 0 Å². The summed E-state index contributed by atoms with van der Waals surface area (Å²) >= 11 is 0. The van der Waals surface area contributed by atoms with Crippen LogP contribution in [0.4, 0.5) is 0 Å². The molecule has 1 aromatic heterocycles. The summed E-state index contributed by atoms with van der Waals surface area (Å²) < 4.78 is 5.51. The largest absolute Gasteiger partial charge is 0.506 e. The minimum Gasteiger partial charge on any atom is -0.506 e. The molecule has 0 aliphatic rings. The molecule has 2 N–H and O–H groups in total. The molecule has 0 unspecified atom stereocenters. The number of pyridine rings is 1. The summed E-state index contributed by atoms with van der Waals surface area (Å²) in [5.74, 6) is 0.723. The Morgan fingerprint density at radius 1 is 1.39 bits per heavy atom. The predicted molar refractivity (Wildman–Crippen MR) is 72.9 cm³/mol. The molecule has 1 aromatic rings. The fraction of sp³-hybridized carbons (Fsp3) is 0.615. The monoisotopic (exact) mass is 275 g/mol. The molecule has 5 heteroatoms. The Morgan fingerprint density at radius 2 is 2.06 bits per heavy atom. The molecule has 1 heterocycles. The first-order valence-corrected chi connectivity index (χ1v) is 5.91. The Balaban J connectivity index is 0.00000289. The Bertz CT molecular complexity index is 369. The first kappa shape index (κ1) is 17.2. The zero-order chi connectivity index (χ0) is 12.8. The molecule has 1 rings (SSSR count). The second-order valence-corrected chi connectivity index (χ2v) is 4.59. The summed E-state index contributed by atoms with van der Waals surface area (Å²) in [5.41, 5.74) is 1.83. The third-order valence-electron chi connectivity index (χ3n) is 2.69. The van der Waals surface area contributed by atoms with Crippen LogP contribution in [0.15, 0.2) is 6.20 Å². The van der Waals surface area contributed by atoms with E-state index >= 15 is 0 Å². The molecule has 0 spiro atoms.